The van der Waals surface area contributed by atoms with Crippen molar-refractivity contribution in [2.24, 2.45) is 5.92 Å². The number of hydrogen-bond acceptors (Lipinski definition) is 3. The third kappa shape index (κ3) is 4.28. The van der Waals surface area contributed by atoms with Crippen molar-refractivity contribution in [2.45, 2.75) is 38.4 Å². The smallest absolute Gasteiger partial charge is 0.317 e. The van der Waals surface area contributed by atoms with Gasteiger partial charge in [-0.25, -0.2) is 4.79 Å². The van der Waals surface area contributed by atoms with Gasteiger partial charge in [0.2, 0.25) is 0 Å². The molecule has 1 aromatic carbocycles. The van der Waals surface area contributed by atoms with Crippen molar-refractivity contribution < 1.29 is 14.3 Å². The zero-order valence-electron chi connectivity index (χ0n) is 14.5. The number of hydrogen-bond donors (Lipinski definition) is 1. The number of rotatable bonds is 5. The van der Waals surface area contributed by atoms with Crippen LogP contribution < -0.4 is 5.32 Å². The molecular weight excluding hydrogens is 304 g/mol. The van der Waals surface area contributed by atoms with Crippen LogP contribution in [0.15, 0.2) is 30.3 Å². The van der Waals surface area contributed by atoms with Crippen LogP contribution in [0, 0.1) is 5.92 Å². The molecule has 0 bridgehead atoms. The number of carbonyl (C=O) groups is 1. The molecule has 0 spiro atoms. The molecule has 2 saturated heterocycles. The number of nitrogens with one attached hydrogen (secondary N) is 1. The van der Waals surface area contributed by atoms with E-state index in [1.807, 2.05) is 17.9 Å². The number of benzene rings is 1. The highest BCUT2D eigenvalue weighted by Gasteiger charge is 2.42. The molecule has 132 valence electrons. The second-order valence-electron chi connectivity index (χ2n) is 6.82. The first-order chi connectivity index (χ1) is 11.7. The summed E-state index contributed by atoms with van der Waals surface area (Å²) < 4.78 is 11.5. The van der Waals surface area contributed by atoms with Crippen LogP contribution in [0.2, 0.25) is 0 Å². The molecule has 0 aliphatic carbocycles. The molecule has 3 rings (SSSR count). The molecule has 0 radical (unpaired) electrons. The Labute approximate surface area is 144 Å². The number of likely N-dealkylation sites (tertiary alicyclic amines) is 1. The van der Waals surface area contributed by atoms with Gasteiger partial charge in [-0.2, -0.15) is 0 Å². The van der Waals surface area contributed by atoms with Crippen molar-refractivity contribution in [3.8, 4) is 0 Å². The number of nitrogens with zero attached hydrogens (tertiary/aromatic N) is 1. The summed E-state index contributed by atoms with van der Waals surface area (Å²) in [7, 11) is 0. The van der Waals surface area contributed by atoms with E-state index < -0.39 is 5.79 Å². The van der Waals surface area contributed by atoms with Crippen LogP contribution in [-0.2, 0) is 15.9 Å². The summed E-state index contributed by atoms with van der Waals surface area (Å²) in [6.07, 6.45) is 4.00. The zero-order chi connectivity index (χ0) is 16.8. The number of carbonyl (C=O) groups excluding carboxylic acids is 1. The number of urea groups is 1. The summed E-state index contributed by atoms with van der Waals surface area (Å²) in [5, 5.41) is 3.05. The lowest BCUT2D eigenvalue weighted by Gasteiger charge is -2.39. The predicted octanol–water partition coefficient (Wildman–Crippen LogP) is 2.80. The standard InChI is InChI=1S/C19H28N2O3/c1-19(23-13-14-24-19)17-10-6-12-21(15-17)18(22)20-11-5-9-16-7-3-2-4-8-16/h2-4,7-8,17H,5-6,9-15H2,1H3,(H,20,22). The highest BCUT2D eigenvalue weighted by molar-refractivity contribution is 5.74. The second kappa shape index (κ2) is 7.99. The van der Waals surface area contributed by atoms with Crippen LogP contribution in [0.5, 0.6) is 0 Å². The molecule has 5 heteroatoms. The minimum Gasteiger partial charge on any atom is -0.347 e. The van der Waals surface area contributed by atoms with Crippen molar-refractivity contribution in [3.63, 3.8) is 0 Å². The summed E-state index contributed by atoms with van der Waals surface area (Å²) in [6.45, 7) is 5.54. The van der Waals surface area contributed by atoms with Gasteiger partial charge in [-0.1, -0.05) is 30.3 Å². The molecule has 0 saturated carbocycles. The Kier molecular flexibility index (Phi) is 5.74. The highest BCUT2D eigenvalue weighted by atomic mass is 16.7. The van der Waals surface area contributed by atoms with Crippen molar-refractivity contribution in [2.75, 3.05) is 32.8 Å². The van der Waals surface area contributed by atoms with E-state index in [4.69, 9.17) is 9.47 Å². The van der Waals surface area contributed by atoms with Gasteiger partial charge >= 0.3 is 6.03 Å². The molecule has 1 atom stereocenters. The average Bonchev–Trinajstić information content (AvgIpc) is 3.07. The zero-order valence-corrected chi connectivity index (χ0v) is 14.5. The van der Waals surface area contributed by atoms with Gasteiger partial charge in [-0.3, -0.25) is 0 Å². The quantitative estimate of drug-likeness (QED) is 0.844. The molecule has 0 aromatic heterocycles. The van der Waals surface area contributed by atoms with Gasteiger partial charge < -0.3 is 19.7 Å². The maximum atomic E-state index is 12.4. The van der Waals surface area contributed by atoms with E-state index in [2.05, 4.69) is 29.6 Å². The fourth-order valence-corrected chi connectivity index (χ4v) is 3.60. The maximum absolute atomic E-state index is 12.4. The van der Waals surface area contributed by atoms with E-state index in [1.165, 1.54) is 5.56 Å². The van der Waals surface area contributed by atoms with Crippen LogP contribution in [0.25, 0.3) is 0 Å². The van der Waals surface area contributed by atoms with Gasteiger partial charge in [0, 0.05) is 25.6 Å². The summed E-state index contributed by atoms with van der Waals surface area (Å²) in [5.74, 6) is -0.268. The van der Waals surface area contributed by atoms with Crippen LogP contribution in [0.4, 0.5) is 4.79 Å². The fourth-order valence-electron chi connectivity index (χ4n) is 3.60. The molecule has 2 fully saturated rings. The molecule has 2 heterocycles. The minimum atomic E-state index is -0.522. The summed E-state index contributed by atoms with van der Waals surface area (Å²) in [6, 6.07) is 10.4. The Bertz CT molecular complexity index is 529. The Balaban J connectivity index is 1.41. The number of amides is 2. The van der Waals surface area contributed by atoms with Gasteiger partial charge in [-0.05, 0) is 38.2 Å². The second-order valence-corrected chi connectivity index (χ2v) is 6.82. The van der Waals surface area contributed by atoms with Gasteiger partial charge in [0.1, 0.15) is 0 Å². The van der Waals surface area contributed by atoms with E-state index in [0.29, 0.717) is 26.3 Å². The van der Waals surface area contributed by atoms with Gasteiger partial charge in [-0.15, -0.1) is 0 Å². The molecule has 1 unspecified atom stereocenters. The van der Waals surface area contributed by atoms with Crippen molar-refractivity contribution in [1.29, 1.82) is 0 Å². The molecular formula is C19H28N2O3. The fraction of sp³-hybridized carbons (Fsp3) is 0.632. The third-order valence-electron chi connectivity index (χ3n) is 5.07. The molecule has 1 N–H and O–H groups in total. The normalized spacial score (nSPS) is 23.2. The number of ether oxygens (including phenoxy) is 2. The minimum absolute atomic E-state index is 0.0364. The molecule has 2 aliphatic rings. The van der Waals surface area contributed by atoms with E-state index in [0.717, 1.165) is 32.2 Å². The van der Waals surface area contributed by atoms with Gasteiger partial charge in [0.15, 0.2) is 5.79 Å². The van der Waals surface area contributed by atoms with E-state index >= 15 is 0 Å². The number of aryl methyl sites for hydroxylation is 1. The monoisotopic (exact) mass is 332 g/mol. The Morgan fingerprint density at radius 1 is 1.29 bits per heavy atom. The summed E-state index contributed by atoms with van der Waals surface area (Å²) in [5.41, 5.74) is 1.31. The summed E-state index contributed by atoms with van der Waals surface area (Å²) in [4.78, 5) is 14.3. The largest absolute Gasteiger partial charge is 0.347 e. The van der Waals surface area contributed by atoms with Gasteiger partial charge in [0.25, 0.3) is 0 Å². The first kappa shape index (κ1) is 17.2. The SMILES string of the molecule is CC1(C2CCCN(C(=O)NCCCc3ccccc3)C2)OCCO1. The van der Waals surface area contributed by atoms with E-state index in [9.17, 15) is 4.79 Å². The molecule has 2 amide bonds. The van der Waals surface area contributed by atoms with Gasteiger partial charge in [0.05, 0.1) is 13.2 Å². The van der Waals surface area contributed by atoms with Crippen LogP contribution in [0.1, 0.15) is 31.7 Å². The molecule has 2 aliphatic heterocycles. The van der Waals surface area contributed by atoms with E-state index in [1.54, 1.807) is 0 Å². The first-order valence-corrected chi connectivity index (χ1v) is 9.02. The van der Waals surface area contributed by atoms with Crippen molar-refractivity contribution in [1.82, 2.24) is 10.2 Å². The lowest BCUT2D eigenvalue weighted by molar-refractivity contribution is -0.189. The topological polar surface area (TPSA) is 50.8 Å². The van der Waals surface area contributed by atoms with Crippen LogP contribution in [0.3, 0.4) is 0 Å². The average molecular weight is 332 g/mol. The molecule has 5 nitrogen and oxygen atoms in total. The molecule has 1 aromatic rings. The predicted molar refractivity (Wildman–Crippen MR) is 92.8 cm³/mol. The molecule has 24 heavy (non-hydrogen) atoms. The maximum Gasteiger partial charge on any atom is 0.317 e. The Hall–Kier alpha value is -1.59. The lowest BCUT2D eigenvalue weighted by atomic mass is 9.90. The van der Waals surface area contributed by atoms with Crippen LogP contribution in [-0.4, -0.2) is 49.6 Å². The Morgan fingerprint density at radius 3 is 2.79 bits per heavy atom. The first-order valence-electron chi connectivity index (χ1n) is 9.02. The highest BCUT2D eigenvalue weighted by Crippen LogP contribution is 2.33. The Morgan fingerprint density at radius 2 is 2.04 bits per heavy atom. The van der Waals surface area contributed by atoms with Crippen LogP contribution >= 0.6 is 0 Å². The third-order valence-corrected chi connectivity index (χ3v) is 5.07. The lowest BCUT2D eigenvalue weighted by Crippen LogP contribution is -2.51. The van der Waals surface area contributed by atoms with Crippen molar-refractivity contribution >= 4 is 6.03 Å². The summed E-state index contributed by atoms with van der Waals surface area (Å²) >= 11 is 0. The van der Waals surface area contributed by atoms with E-state index in [-0.39, 0.29) is 11.9 Å². The van der Waals surface area contributed by atoms with Crippen molar-refractivity contribution in [3.05, 3.63) is 35.9 Å². The number of piperidine rings is 1.